The third kappa shape index (κ3) is 5.43. The summed E-state index contributed by atoms with van der Waals surface area (Å²) in [6.07, 6.45) is 0. The van der Waals surface area contributed by atoms with Gasteiger partial charge in [-0.3, -0.25) is 0 Å². The highest BCUT2D eigenvalue weighted by Gasteiger charge is 2.15. The lowest BCUT2D eigenvalue weighted by Crippen LogP contribution is -2.41. The molecule has 1 rings (SSSR count). The number of likely N-dealkylation sites (N-methyl/N-ethyl adjacent to an activating group) is 1. The monoisotopic (exact) mass is 286 g/mol. The fourth-order valence-corrected chi connectivity index (χ4v) is 2.23. The van der Waals surface area contributed by atoms with Gasteiger partial charge in [-0.25, -0.2) is 0 Å². The first-order valence-electron chi connectivity index (χ1n) is 6.81. The van der Waals surface area contributed by atoms with Crippen LogP contribution in [0.15, 0.2) is 24.3 Å². The van der Waals surface area contributed by atoms with E-state index in [1.54, 1.807) is 18.2 Å². The zero-order chi connectivity index (χ0) is 15.1. The maximum absolute atomic E-state index is 12.3. The van der Waals surface area contributed by atoms with Crippen molar-refractivity contribution in [3.63, 3.8) is 0 Å². The van der Waals surface area contributed by atoms with Gasteiger partial charge < -0.3 is 15.0 Å². The fraction of sp³-hybridized carbons (Fsp3) is 0.600. The van der Waals surface area contributed by atoms with Gasteiger partial charge in [0.1, 0.15) is 5.75 Å². The third-order valence-electron chi connectivity index (χ3n) is 3.29. The number of rotatable bonds is 8. The van der Waals surface area contributed by atoms with Crippen LogP contribution in [0.25, 0.3) is 0 Å². The Hall–Kier alpha value is -1.20. The number of hydrogen-bond donors (Lipinski definition) is 1. The van der Waals surface area contributed by atoms with Crippen LogP contribution in [0, 0.1) is 5.92 Å². The molecule has 0 spiro atoms. The molecule has 0 saturated carbocycles. The summed E-state index contributed by atoms with van der Waals surface area (Å²) in [4.78, 5) is 2.17. The summed E-state index contributed by atoms with van der Waals surface area (Å²) >= 11 is 0. The average Bonchev–Trinajstić information content (AvgIpc) is 2.34. The quantitative estimate of drug-likeness (QED) is 0.795. The molecule has 0 aliphatic rings. The topological polar surface area (TPSA) is 24.5 Å². The zero-order valence-electron chi connectivity index (χ0n) is 12.6. The molecule has 0 aliphatic carbocycles. The molecule has 20 heavy (non-hydrogen) atoms. The van der Waals surface area contributed by atoms with Crippen LogP contribution in [0.5, 0.6) is 5.75 Å². The van der Waals surface area contributed by atoms with Crippen molar-refractivity contribution in [2.24, 2.45) is 5.92 Å². The molecule has 0 aromatic heterocycles. The van der Waals surface area contributed by atoms with Crippen molar-refractivity contribution in [1.82, 2.24) is 10.2 Å². The van der Waals surface area contributed by atoms with E-state index in [1.165, 1.54) is 0 Å². The summed E-state index contributed by atoms with van der Waals surface area (Å²) in [6.45, 7) is 2.86. The highest BCUT2D eigenvalue weighted by molar-refractivity contribution is 5.33. The van der Waals surface area contributed by atoms with Crippen LogP contribution in [0.1, 0.15) is 19.4 Å². The standard InChI is InChI=1S/C15H24F2N2O/c1-11(2)13(19(3)4)10-18-9-12-7-5-6-8-14(12)20-15(16)17/h5-8,11,13,15,18H,9-10H2,1-4H3. The van der Waals surface area contributed by atoms with Gasteiger partial charge in [0.25, 0.3) is 0 Å². The smallest absolute Gasteiger partial charge is 0.387 e. The van der Waals surface area contributed by atoms with Gasteiger partial charge in [0.05, 0.1) is 0 Å². The van der Waals surface area contributed by atoms with Crippen molar-refractivity contribution < 1.29 is 13.5 Å². The molecular formula is C15H24F2N2O. The van der Waals surface area contributed by atoms with Gasteiger partial charge in [0.2, 0.25) is 0 Å². The van der Waals surface area contributed by atoms with E-state index in [9.17, 15) is 8.78 Å². The van der Waals surface area contributed by atoms with E-state index < -0.39 is 6.61 Å². The predicted octanol–water partition coefficient (Wildman–Crippen LogP) is 2.96. The van der Waals surface area contributed by atoms with E-state index in [-0.39, 0.29) is 5.75 Å². The molecule has 114 valence electrons. The first kappa shape index (κ1) is 16.9. The fourth-order valence-electron chi connectivity index (χ4n) is 2.23. The molecule has 0 heterocycles. The largest absolute Gasteiger partial charge is 0.434 e. The van der Waals surface area contributed by atoms with E-state index in [4.69, 9.17) is 0 Å². The van der Waals surface area contributed by atoms with Crippen LogP contribution >= 0.6 is 0 Å². The van der Waals surface area contributed by atoms with Gasteiger partial charge >= 0.3 is 6.61 Å². The predicted molar refractivity (Wildman–Crippen MR) is 77.1 cm³/mol. The van der Waals surface area contributed by atoms with Crippen molar-refractivity contribution in [3.05, 3.63) is 29.8 Å². The molecule has 0 saturated heterocycles. The van der Waals surface area contributed by atoms with E-state index in [1.807, 2.05) is 20.2 Å². The summed E-state index contributed by atoms with van der Waals surface area (Å²) in [5, 5.41) is 3.31. The normalized spacial score (nSPS) is 13.2. The number of ether oxygens (including phenoxy) is 1. The Balaban J connectivity index is 2.57. The number of alkyl halides is 2. The highest BCUT2D eigenvalue weighted by atomic mass is 19.3. The summed E-state index contributed by atoms with van der Waals surface area (Å²) in [7, 11) is 4.08. The molecule has 1 aromatic carbocycles. The van der Waals surface area contributed by atoms with Gasteiger partial charge in [0.15, 0.2) is 0 Å². The van der Waals surface area contributed by atoms with Crippen molar-refractivity contribution in [3.8, 4) is 5.75 Å². The number of nitrogens with one attached hydrogen (secondary N) is 1. The summed E-state index contributed by atoms with van der Waals surface area (Å²) in [6, 6.07) is 7.28. The van der Waals surface area contributed by atoms with Crippen molar-refractivity contribution >= 4 is 0 Å². The van der Waals surface area contributed by atoms with Crippen LogP contribution in [-0.4, -0.2) is 38.2 Å². The molecule has 0 fully saturated rings. The van der Waals surface area contributed by atoms with E-state index in [0.717, 1.165) is 12.1 Å². The highest BCUT2D eigenvalue weighted by Crippen LogP contribution is 2.20. The second kappa shape index (κ2) is 8.17. The van der Waals surface area contributed by atoms with E-state index in [2.05, 4.69) is 28.8 Å². The Bertz CT molecular complexity index is 389. The lowest BCUT2D eigenvalue weighted by atomic mass is 10.0. The minimum atomic E-state index is -2.79. The lowest BCUT2D eigenvalue weighted by molar-refractivity contribution is -0.0505. The van der Waals surface area contributed by atoms with E-state index >= 15 is 0 Å². The van der Waals surface area contributed by atoms with Gasteiger partial charge in [-0.2, -0.15) is 8.78 Å². The van der Waals surface area contributed by atoms with Crippen LogP contribution in [0.4, 0.5) is 8.78 Å². The third-order valence-corrected chi connectivity index (χ3v) is 3.29. The molecule has 0 aliphatic heterocycles. The second-order valence-electron chi connectivity index (χ2n) is 5.39. The number of nitrogens with zero attached hydrogens (tertiary/aromatic N) is 1. The molecule has 1 atom stereocenters. The van der Waals surface area contributed by atoms with Gasteiger partial charge in [0, 0.05) is 24.7 Å². The van der Waals surface area contributed by atoms with Gasteiger partial charge in [-0.05, 0) is 26.1 Å². The molecule has 0 amide bonds. The SMILES string of the molecule is CC(C)C(CNCc1ccccc1OC(F)F)N(C)C. The number of hydrogen-bond acceptors (Lipinski definition) is 3. The molecular weight excluding hydrogens is 262 g/mol. The Morgan fingerprint density at radius 3 is 2.40 bits per heavy atom. The molecule has 0 bridgehead atoms. The molecule has 3 nitrogen and oxygen atoms in total. The molecule has 0 radical (unpaired) electrons. The van der Waals surface area contributed by atoms with Crippen LogP contribution in [0.3, 0.4) is 0 Å². The Morgan fingerprint density at radius 1 is 1.20 bits per heavy atom. The number of para-hydroxylation sites is 1. The van der Waals surface area contributed by atoms with Gasteiger partial charge in [-0.1, -0.05) is 32.0 Å². The minimum absolute atomic E-state index is 0.237. The average molecular weight is 286 g/mol. The van der Waals surface area contributed by atoms with Crippen molar-refractivity contribution in [1.29, 1.82) is 0 Å². The van der Waals surface area contributed by atoms with Crippen LogP contribution in [-0.2, 0) is 6.54 Å². The van der Waals surface area contributed by atoms with Crippen molar-refractivity contribution in [2.45, 2.75) is 33.0 Å². The summed E-state index contributed by atoms with van der Waals surface area (Å²) in [5.41, 5.74) is 0.745. The van der Waals surface area contributed by atoms with Crippen molar-refractivity contribution in [2.75, 3.05) is 20.6 Å². The summed E-state index contributed by atoms with van der Waals surface area (Å²) in [5.74, 6) is 0.756. The minimum Gasteiger partial charge on any atom is -0.434 e. The summed E-state index contributed by atoms with van der Waals surface area (Å²) < 4.78 is 29.1. The van der Waals surface area contributed by atoms with Crippen LogP contribution in [0.2, 0.25) is 0 Å². The molecule has 5 heteroatoms. The number of benzene rings is 1. The van der Waals surface area contributed by atoms with E-state index in [0.29, 0.717) is 18.5 Å². The Kier molecular flexibility index (Phi) is 6.88. The maximum atomic E-state index is 12.3. The zero-order valence-corrected chi connectivity index (χ0v) is 12.6. The van der Waals surface area contributed by atoms with Crippen LogP contribution < -0.4 is 10.1 Å². The first-order chi connectivity index (χ1) is 9.41. The molecule has 1 unspecified atom stereocenters. The number of halogens is 2. The Labute approximate surface area is 119 Å². The first-order valence-corrected chi connectivity index (χ1v) is 6.81. The van der Waals surface area contributed by atoms with Gasteiger partial charge in [-0.15, -0.1) is 0 Å². The maximum Gasteiger partial charge on any atom is 0.387 e. The molecule has 1 aromatic rings. The molecule has 1 N–H and O–H groups in total. The lowest BCUT2D eigenvalue weighted by Gasteiger charge is -2.28. The Morgan fingerprint density at radius 2 is 1.85 bits per heavy atom. The second-order valence-corrected chi connectivity index (χ2v) is 5.39.